The minimum Gasteiger partial charge on any atom is -0.542 e. The second-order valence-electron chi connectivity index (χ2n) is 4.03. The van der Waals surface area contributed by atoms with Crippen LogP contribution in [-0.2, 0) is 9.59 Å². The van der Waals surface area contributed by atoms with Crippen molar-refractivity contribution in [1.29, 1.82) is 0 Å². The first kappa shape index (κ1) is 23.2. The summed E-state index contributed by atoms with van der Waals surface area (Å²) in [6.45, 7) is 3.42. The van der Waals surface area contributed by atoms with Crippen molar-refractivity contribution in [2.24, 2.45) is 0 Å². The number of unbranched alkanes of at least 4 members (excludes halogenated alkanes) is 7. The van der Waals surface area contributed by atoms with E-state index in [9.17, 15) is 9.59 Å². The van der Waals surface area contributed by atoms with Gasteiger partial charge in [-0.2, -0.15) is 6.42 Å². The van der Waals surface area contributed by atoms with Crippen molar-refractivity contribution in [2.75, 3.05) is 0 Å². The largest absolute Gasteiger partial charge is 1.00 e. The van der Waals surface area contributed by atoms with Crippen LogP contribution in [-0.4, -0.2) is 28.6 Å². The molecule has 0 radical (unpaired) electrons. The van der Waals surface area contributed by atoms with E-state index in [4.69, 9.17) is 10.2 Å². The summed E-state index contributed by atoms with van der Waals surface area (Å²) in [5.41, 5.74) is 0. The van der Waals surface area contributed by atoms with E-state index in [0.717, 1.165) is 6.42 Å². The van der Waals surface area contributed by atoms with Crippen molar-refractivity contribution in [2.45, 2.75) is 71.3 Å². The Labute approximate surface area is 132 Å². The molecule has 0 rings (SSSR count). The molecule has 0 aromatic carbocycles. The molecule has 1 atom stereocenters. The van der Waals surface area contributed by atoms with E-state index >= 15 is 0 Å². The summed E-state index contributed by atoms with van der Waals surface area (Å²) in [5, 5.41) is 15.8. The van der Waals surface area contributed by atoms with Crippen molar-refractivity contribution in [3.8, 4) is 0 Å². The van der Waals surface area contributed by atoms with Crippen LogP contribution in [0.15, 0.2) is 0 Å². The van der Waals surface area contributed by atoms with Crippen LogP contribution < -0.4 is 29.6 Å². The first-order chi connectivity index (χ1) is 8.06. The molecule has 2 N–H and O–H groups in total. The van der Waals surface area contributed by atoms with Crippen LogP contribution in [0.25, 0.3) is 0 Å². The Morgan fingerprint density at radius 3 is 1.83 bits per heavy atom. The molecule has 1 unspecified atom stereocenters. The van der Waals surface area contributed by atoms with E-state index in [-0.39, 0.29) is 29.6 Å². The normalized spacial score (nSPS) is 10.6. The van der Waals surface area contributed by atoms with E-state index < -0.39 is 12.1 Å². The Balaban J connectivity index is -0.000000277. The topological polar surface area (TPSA) is 74.6 Å². The minimum atomic E-state index is -1.23. The molecule has 0 bridgehead atoms. The van der Waals surface area contributed by atoms with Gasteiger partial charge in [0.15, 0.2) is 0 Å². The third kappa shape index (κ3) is 25.1. The van der Waals surface area contributed by atoms with Crippen LogP contribution in [0.2, 0.25) is 0 Å². The Kier molecular flexibility index (Phi) is 25.1. The second-order valence-corrected chi connectivity index (χ2v) is 4.03. The molecule has 0 spiro atoms. The number of carbonyl (C=O) groups is 1. The standard InChI is InChI=1S/C10H19O.C3H6O3.Na/c1-2-3-4-5-6-7-8-9-10-11;1-2(4)3(5)6;/h2-9H2,1H3;2,4H,1H3,(H,5,6);/q-1;;+1. The second kappa shape index (κ2) is 19.4. The SMILES string of the molecule is CC(O)C(=O)O.CCCCCCCCC[C-]=O.[Na+]. The van der Waals surface area contributed by atoms with Gasteiger partial charge in [0, 0.05) is 0 Å². The maximum atomic E-state index is 9.82. The van der Waals surface area contributed by atoms with Crippen LogP contribution >= 0.6 is 0 Å². The van der Waals surface area contributed by atoms with Crippen molar-refractivity contribution < 1.29 is 49.4 Å². The van der Waals surface area contributed by atoms with Gasteiger partial charge in [-0.05, 0) is 6.92 Å². The number of carboxylic acid groups (broad SMARTS) is 1. The van der Waals surface area contributed by atoms with Crippen LogP contribution in [0, 0.1) is 0 Å². The molecule has 0 aromatic heterocycles. The van der Waals surface area contributed by atoms with E-state index in [1.165, 1.54) is 45.4 Å². The molecule has 0 heterocycles. The summed E-state index contributed by atoms with van der Waals surface area (Å²) in [6, 6.07) is 0. The summed E-state index contributed by atoms with van der Waals surface area (Å²) < 4.78 is 0. The fraction of sp³-hybridized carbons (Fsp3) is 0.846. The predicted octanol–water partition coefficient (Wildman–Crippen LogP) is -0.307. The van der Waals surface area contributed by atoms with Gasteiger partial charge >= 0.3 is 35.5 Å². The molecule has 0 aromatic rings. The van der Waals surface area contributed by atoms with Crippen LogP contribution in [0.4, 0.5) is 0 Å². The van der Waals surface area contributed by atoms with Crippen molar-refractivity contribution in [1.82, 2.24) is 0 Å². The zero-order valence-corrected chi connectivity index (χ0v) is 13.9. The number of hydrogen-bond acceptors (Lipinski definition) is 3. The van der Waals surface area contributed by atoms with Crippen LogP contribution in [0.5, 0.6) is 0 Å². The monoisotopic (exact) mass is 268 g/mol. The van der Waals surface area contributed by atoms with Crippen molar-refractivity contribution in [3.05, 3.63) is 0 Å². The number of aliphatic carboxylic acids is 1. The van der Waals surface area contributed by atoms with E-state index in [2.05, 4.69) is 6.92 Å². The van der Waals surface area contributed by atoms with Gasteiger partial charge < -0.3 is 15.0 Å². The molecule has 4 nitrogen and oxygen atoms in total. The molecule has 0 aliphatic rings. The van der Waals surface area contributed by atoms with Crippen LogP contribution in [0.1, 0.15) is 65.2 Å². The predicted molar refractivity (Wildman–Crippen MR) is 67.6 cm³/mol. The third-order valence-corrected chi connectivity index (χ3v) is 2.24. The molecule has 102 valence electrons. The van der Waals surface area contributed by atoms with E-state index in [0.29, 0.717) is 6.42 Å². The summed E-state index contributed by atoms with van der Waals surface area (Å²) in [4.78, 5) is 19.3. The van der Waals surface area contributed by atoms with E-state index in [1.54, 1.807) is 0 Å². The smallest absolute Gasteiger partial charge is 0.542 e. The minimum absolute atomic E-state index is 0. The maximum absolute atomic E-state index is 9.82. The molecular formula is C13H25NaO4. The molecule has 18 heavy (non-hydrogen) atoms. The summed E-state index contributed by atoms with van der Waals surface area (Å²) >= 11 is 0. The van der Waals surface area contributed by atoms with Crippen molar-refractivity contribution in [3.63, 3.8) is 0 Å². The third-order valence-electron chi connectivity index (χ3n) is 2.24. The summed E-state index contributed by atoms with van der Waals surface area (Å²) in [7, 11) is 0. The summed E-state index contributed by atoms with van der Waals surface area (Å²) in [5.74, 6) is -1.19. The number of aliphatic hydroxyl groups is 1. The fourth-order valence-electron chi connectivity index (χ4n) is 1.15. The average Bonchev–Trinajstić information content (AvgIpc) is 2.29. The molecule has 0 saturated carbocycles. The Bertz CT molecular complexity index is 184. The van der Waals surface area contributed by atoms with Gasteiger partial charge in [0.2, 0.25) is 0 Å². The number of carbonyl (C=O) groups excluding carboxylic acids is 1. The molecule has 0 saturated heterocycles. The first-order valence-corrected chi connectivity index (χ1v) is 6.32. The van der Waals surface area contributed by atoms with E-state index in [1.807, 2.05) is 6.29 Å². The van der Waals surface area contributed by atoms with Gasteiger partial charge in [-0.1, -0.05) is 51.9 Å². The Morgan fingerprint density at radius 2 is 1.50 bits per heavy atom. The zero-order valence-electron chi connectivity index (χ0n) is 11.9. The fourth-order valence-corrected chi connectivity index (χ4v) is 1.15. The van der Waals surface area contributed by atoms with Crippen LogP contribution in [0.3, 0.4) is 0 Å². The van der Waals surface area contributed by atoms with Gasteiger partial charge in [-0.25, -0.2) is 4.79 Å². The van der Waals surface area contributed by atoms with Gasteiger partial charge in [0.05, 0.1) is 0 Å². The maximum Gasteiger partial charge on any atom is 1.00 e. The van der Waals surface area contributed by atoms with Gasteiger partial charge in [-0.3, -0.25) is 6.29 Å². The van der Waals surface area contributed by atoms with Gasteiger partial charge in [-0.15, -0.1) is 0 Å². The molecular weight excluding hydrogens is 243 g/mol. The summed E-state index contributed by atoms with van der Waals surface area (Å²) in [6.07, 6.45) is 10.2. The van der Waals surface area contributed by atoms with Gasteiger partial charge in [0.25, 0.3) is 0 Å². The zero-order chi connectivity index (χ0) is 13.5. The number of aliphatic hydroxyl groups excluding tert-OH is 1. The average molecular weight is 268 g/mol. The molecule has 0 aliphatic heterocycles. The van der Waals surface area contributed by atoms with Gasteiger partial charge in [0.1, 0.15) is 6.10 Å². The number of carboxylic acids is 1. The number of rotatable bonds is 9. The van der Waals surface area contributed by atoms with Crippen molar-refractivity contribution >= 4 is 12.3 Å². The Morgan fingerprint density at radius 1 is 1.11 bits per heavy atom. The number of hydrogen-bond donors (Lipinski definition) is 2. The quantitative estimate of drug-likeness (QED) is 0.342. The molecule has 0 aliphatic carbocycles. The Hall–Kier alpha value is 0.1000. The molecule has 5 heteroatoms. The first-order valence-electron chi connectivity index (χ1n) is 6.32. The molecule has 0 amide bonds. The molecule has 0 fully saturated rings.